The molecule has 2 N–H and O–H groups in total. The Kier molecular flexibility index (Phi) is 4.27. The minimum Gasteiger partial charge on any atom is -0.355 e. The minimum absolute atomic E-state index is 0.0610. The fourth-order valence-electron chi connectivity index (χ4n) is 3.20. The molecule has 116 valence electrons. The van der Waals surface area contributed by atoms with Gasteiger partial charge in [0.1, 0.15) is 0 Å². The van der Waals surface area contributed by atoms with Crippen LogP contribution in [0, 0.1) is 12.3 Å². The molecular formula is C18H23N3O. The molecule has 0 radical (unpaired) electrons. The molecule has 2 aromatic rings. The van der Waals surface area contributed by atoms with Crippen LogP contribution in [0.2, 0.25) is 0 Å². The highest BCUT2D eigenvalue weighted by atomic mass is 16.1. The zero-order valence-electron chi connectivity index (χ0n) is 13.1. The highest BCUT2D eigenvalue weighted by Crippen LogP contribution is 2.43. The Hall–Kier alpha value is -2.10. The van der Waals surface area contributed by atoms with E-state index in [0.717, 1.165) is 24.4 Å². The summed E-state index contributed by atoms with van der Waals surface area (Å²) in [5.74, 6) is 0.0610. The van der Waals surface area contributed by atoms with Crippen molar-refractivity contribution in [2.45, 2.75) is 39.0 Å². The van der Waals surface area contributed by atoms with Crippen LogP contribution >= 0.6 is 0 Å². The van der Waals surface area contributed by atoms with E-state index < -0.39 is 0 Å². The van der Waals surface area contributed by atoms with Crippen LogP contribution in [0.5, 0.6) is 0 Å². The predicted octanol–water partition coefficient (Wildman–Crippen LogP) is 2.79. The van der Waals surface area contributed by atoms with Crippen LogP contribution in [-0.2, 0) is 17.6 Å². The zero-order valence-corrected chi connectivity index (χ0v) is 13.1. The van der Waals surface area contributed by atoms with E-state index in [-0.39, 0.29) is 11.3 Å². The number of hydrogen-bond acceptors (Lipinski definition) is 2. The van der Waals surface area contributed by atoms with Crippen LogP contribution in [0.25, 0.3) is 0 Å². The molecule has 1 aliphatic carbocycles. The molecule has 0 unspecified atom stereocenters. The smallest absolute Gasteiger partial charge is 0.226 e. The molecule has 0 spiro atoms. The normalized spacial score (nSPS) is 16.0. The number of aryl methyl sites for hydroxylation is 1. The number of rotatable bonds is 6. The van der Waals surface area contributed by atoms with Crippen molar-refractivity contribution in [3.63, 3.8) is 0 Å². The molecule has 0 saturated heterocycles. The maximum Gasteiger partial charge on any atom is 0.226 e. The molecule has 4 nitrogen and oxygen atoms in total. The number of carbonyl (C=O) groups is 1. The summed E-state index contributed by atoms with van der Waals surface area (Å²) < 4.78 is 0. The average Bonchev–Trinajstić information content (AvgIpc) is 2.88. The van der Waals surface area contributed by atoms with Crippen molar-refractivity contribution in [1.82, 2.24) is 15.5 Å². The van der Waals surface area contributed by atoms with Crippen LogP contribution in [0.1, 0.15) is 36.2 Å². The molecule has 1 fully saturated rings. The Morgan fingerprint density at radius 3 is 2.68 bits per heavy atom. The summed E-state index contributed by atoms with van der Waals surface area (Å²) >= 11 is 0. The minimum atomic E-state index is 0.0610. The van der Waals surface area contributed by atoms with E-state index in [0.29, 0.717) is 6.42 Å². The molecule has 4 heteroatoms. The second-order valence-corrected chi connectivity index (χ2v) is 6.51. The van der Waals surface area contributed by atoms with E-state index in [2.05, 4.69) is 39.8 Å². The number of aromatic amines is 1. The molecule has 1 aliphatic rings. The van der Waals surface area contributed by atoms with Gasteiger partial charge in [0.25, 0.3) is 0 Å². The SMILES string of the molecule is Cc1cc(CC(=O)NCC2(Cc3ccccc3)CCC2)n[nH]1. The van der Waals surface area contributed by atoms with E-state index in [1.165, 1.54) is 24.8 Å². The third-order valence-electron chi connectivity index (χ3n) is 4.60. The summed E-state index contributed by atoms with van der Waals surface area (Å²) in [6.07, 6.45) is 5.07. The van der Waals surface area contributed by atoms with Gasteiger partial charge in [-0.05, 0) is 43.2 Å². The standard InChI is InChI=1S/C18H23N3O/c1-14-10-16(21-20-14)11-17(22)19-13-18(8-5-9-18)12-15-6-3-2-4-7-15/h2-4,6-7,10H,5,8-9,11-13H2,1H3,(H,19,22)(H,20,21). The van der Waals surface area contributed by atoms with E-state index >= 15 is 0 Å². The van der Waals surface area contributed by atoms with E-state index in [9.17, 15) is 4.79 Å². The number of amides is 1. The van der Waals surface area contributed by atoms with Gasteiger partial charge in [0, 0.05) is 12.2 Å². The van der Waals surface area contributed by atoms with Gasteiger partial charge in [-0.2, -0.15) is 5.10 Å². The van der Waals surface area contributed by atoms with E-state index in [1.54, 1.807) is 0 Å². The molecule has 0 atom stereocenters. The highest BCUT2D eigenvalue weighted by molar-refractivity contribution is 5.78. The predicted molar refractivity (Wildman–Crippen MR) is 86.5 cm³/mol. The molecule has 1 saturated carbocycles. The van der Waals surface area contributed by atoms with Crippen molar-refractivity contribution in [1.29, 1.82) is 0 Å². The topological polar surface area (TPSA) is 57.8 Å². The summed E-state index contributed by atoms with van der Waals surface area (Å²) in [5.41, 5.74) is 3.40. The van der Waals surface area contributed by atoms with Crippen LogP contribution in [0.4, 0.5) is 0 Å². The molecule has 1 aromatic heterocycles. The Morgan fingerprint density at radius 2 is 2.09 bits per heavy atom. The first-order chi connectivity index (χ1) is 10.7. The van der Waals surface area contributed by atoms with Gasteiger partial charge in [-0.1, -0.05) is 36.8 Å². The van der Waals surface area contributed by atoms with Gasteiger partial charge in [-0.15, -0.1) is 0 Å². The van der Waals surface area contributed by atoms with Crippen LogP contribution in [0.3, 0.4) is 0 Å². The largest absolute Gasteiger partial charge is 0.355 e. The van der Waals surface area contributed by atoms with Gasteiger partial charge >= 0.3 is 0 Å². The van der Waals surface area contributed by atoms with Crippen molar-refractivity contribution >= 4 is 5.91 Å². The van der Waals surface area contributed by atoms with Crippen LogP contribution < -0.4 is 5.32 Å². The molecule has 0 aliphatic heterocycles. The third kappa shape index (κ3) is 3.56. The fourth-order valence-corrected chi connectivity index (χ4v) is 3.20. The fraction of sp³-hybridized carbons (Fsp3) is 0.444. The van der Waals surface area contributed by atoms with Gasteiger partial charge in [0.05, 0.1) is 12.1 Å². The van der Waals surface area contributed by atoms with Gasteiger partial charge < -0.3 is 5.32 Å². The summed E-state index contributed by atoms with van der Waals surface area (Å²) in [7, 11) is 0. The van der Waals surface area contributed by atoms with Crippen molar-refractivity contribution < 1.29 is 4.79 Å². The van der Waals surface area contributed by atoms with Crippen molar-refractivity contribution in [2.24, 2.45) is 5.41 Å². The summed E-state index contributed by atoms with van der Waals surface area (Å²) in [6.45, 7) is 2.71. The Balaban J connectivity index is 1.53. The second kappa shape index (κ2) is 6.34. The molecule has 1 heterocycles. The molecule has 3 rings (SSSR count). The molecule has 1 aromatic carbocycles. The lowest BCUT2D eigenvalue weighted by atomic mass is 9.65. The second-order valence-electron chi connectivity index (χ2n) is 6.51. The number of hydrogen-bond donors (Lipinski definition) is 2. The summed E-state index contributed by atoms with van der Waals surface area (Å²) in [5, 5.41) is 10.1. The Labute approximate surface area is 131 Å². The maximum absolute atomic E-state index is 12.1. The molecule has 22 heavy (non-hydrogen) atoms. The quantitative estimate of drug-likeness (QED) is 0.861. The Bertz CT molecular complexity index is 629. The first kappa shape index (κ1) is 14.8. The first-order valence-electron chi connectivity index (χ1n) is 7.97. The summed E-state index contributed by atoms with van der Waals surface area (Å²) in [4.78, 5) is 12.1. The van der Waals surface area contributed by atoms with Crippen molar-refractivity contribution in [3.05, 3.63) is 53.3 Å². The number of carbonyl (C=O) groups excluding carboxylic acids is 1. The Morgan fingerprint density at radius 1 is 1.32 bits per heavy atom. The van der Waals surface area contributed by atoms with Gasteiger partial charge in [-0.25, -0.2) is 0 Å². The number of benzene rings is 1. The van der Waals surface area contributed by atoms with Crippen LogP contribution in [0.15, 0.2) is 36.4 Å². The third-order valence-corrected chi connectivity index (χ3v) is 4.60. The zero-order chi connectivity index (χ0) is 15.4. The highest BCUT2D eigenvalue weighted by Gasteiger charge is 2.37. The lowest BCUT2D eigenvalue weighted by Gasteiger charge is -2.42. The van der Waals surface area contributed by atoms with E-state index in [1.807, 2.05) is 19.1 Å². The van der Waals surface area contributed by atoms with Gasteiger partial charge in [0.15, 0.2) is 0 Å². The van der Waals surface area contributed by atoms with Crippen LogP contribution in [-0.4, -0.2) is 22.6 Å². The molecule has 0 bridgehead atoms. The van der Waals surface area contributed by atoms with Gasteiger partial charge in [-0.3, -0.25) is 9.89 Å². The number of H-pyrrole nitrogens is 1. The van der Waals surface area contributed by atoms with Gasteiger partial charge in [0.2, 0.25) is 5.91 Å². The first-order valence-corrected chi connectivity index (χ1v) is 7.97. The lowest BCUT2D eigenvalue weighted by molar-refractivity contribution is -0.121. The number of nitrogens with zero attached hydrogens (tertiary/aromatic N) is 1. The maximum atomic E-state index is 12.1. The number of aromatic nitrogens is 2. The van der Waals surface area contributed by atoms with E-state index in [4.69, 9.17) is 0 Å². The number of nitrogens with one attached hydrogen (secondary N) is 2. The monoisotopic (exact) mass is 297 g/mol. The van der Waals surface area contributed by atoms with Crippen molar-refractivity contribution in [2.75, 3.05) is 6.54 Å². The van der Waals surface area contributed by atoms with Crippen molar-refractivity contribution in [3.8, 4) is 0 Å². The summed E-state index contributed by atoms with van der Waals surface area (Å²) in [6, 6.07) is 12.5. The lowest BCUT2D eigenvalue weighted by Crippen LogP contribution is -2.44. The molecule has 1 amide bonds. The average molecular weight is 297 g/mol. The molecular weight excluding hydrogens is 274 g/mol.